The number of ether oxygens (including phenoxy) is 1. The van der Waals surface area contributed by atoms with Crippen LogP contribution in [-0.2, 0) is 4.74 Å². The molecule has 2 rings (SSSR count). The Bertz CT molecular complexity index is 256. The van der Waals surface area contributed by atoms with Crippen LogP contribution in [0.2, 0.25) is 0 Å². The Kier molecular flexibility index (Phi) is 4.86. The molecule has 1 aliphatic carbocycles. The van der Waals surface area contributed by atoms with E-state index in [-0.39, 0.29) is 6.61 Å². The number of alkyl halides is 3. The van der Waals surface area contributed by atoms with Crippen LogP contribution in [0.15, 0.2) is 0 Å². The highest BCUT2D eigenvalue weighted by Gasteiger charge is 2.33. The molecule has 1 unspecified atom stereocenters. The van der Waals surface area contributed by atoms with E-state index in [1.165, 1.54) is 12.8 Å². The van der Waals surface area contributed by atoms with E-state index in [1.807, 2.05) is 0 Å². The second-order valence-corrected chi connectivity index (χ2v) is 5.22. The Morgan fingerprint density at radius 3 is 2.72 bits per heavy atom. The molecule has 1 atom stereocenters. The lowest BCUT2D eigenvalue weighted by Crippen LogP contribution is -2.51. The van der Waals surface area contributed by atoms with E-state index >= 15 is 0 Å². The molecule has 3 nitrogen and oxygen atoms in total. The van der Waals surface area contributed by atoms with Gasteiger partial charge in [-0.3, -0.25) is 0 Å². The molecular formula is C12H21F3N2O. The number of piperazine rings is 1. The molecular weight excluding hydrogens is 245 g/mol. The maximum absolute atomic E-state index is 11.8. The van der Waals surface area contributed by atoms with Crippen molar-refractivity contribution >= 4 is 0 Å². The van der Waals surface area contributed by atoms with E-state index in [4.69, 9.17) is 0 Å². The second kappa shape index (κ2) is 6.21. The number of hydrogen-bond donors (Lipinski definition) is 1. The summed E-state index contributed by atoms with van der Waals surface area (Å²) in [5.74, 6) is 0.828. The zero-order chi connectivity index (χ0) is 13.0. The van der Waals surface area contributed by atoms with Crippen molar-refractivity contribution in [2.45, 2.75) is 31.5 Å². The van der Waals surface area contributed by atoms with Gasteiger partial charge in [0.05, 0.1) is 0 Å². The molecule has 2 fully saturated rings. The minimum absolute atomic E-state index is 0.192. The minimum Gasteiger partial charge on any atom is -0.372 e. The van der Waals surface area contributed by atoms with Gasteiger partial charge in [0.15, 0.2) is 0 Å². The number of nitrogens with one attached hydrogen (secondary N) is 1. The highest BCUT2D eigenvalue weighted by Crippen LogP contribution is 2.33. The van der Waals surface area contributed by atoms with E-state index in [9.17, 15) is 13.2 Å². The molecule has 0 spiro atoms. The summed E-state index contributed by atoms with van der Waals surface area (Å²) in [6, 6.07) is 0.592. The third-order valence-corrected chi connectivity index (χ3v) is 3.51. The summed E-state index contributed by atoms with van der Waals surface area (Å²) >= 11 is 0. The molecule has 1 N–H and O–H groups in total. The monoisotopic (exact) mass is 266 g/mol. The molecule has 6 heteroatoms. The third kappa shape index (κ3) is 5.12. The predicted octanol–water partition coefficient (Wildman–Crippen LogP) is 1.64. The molecule has 0 aromatic carbocycles. The molecule has 0 aromatic rings. The highest BCUT2D eigenvalue weighted by atomic mass is 19.4. The summed E-state index contributed by atoms with van der Waals surface area (Å²) in [5.41, 5.74) is 0. The summed E-state index contributed by atoms with van der Waals surface area (Å²) in [6.45, 7) is 2.91. The molecule has 1 saturated heterocycles. The summed E-state index contributed by atoms with van der Waals surface area (Å²) < 4.78 is 40.1. The van der Waals surface area contributed by atoms with Gasteiger partial charge < -0.3 is 15.0 Å². The van der Waals surface area contributed by atoms with Gasteiger partial charge in [0.2, 0.25) is 0 Å². The fourth-order valence-electron chi connectivity index (χ4n) is 2.44. The average Bonchev–Trinajstić information content (AvgIpc) is 3.11. The van der Waals surface area contributed by atoms with Gasteiger partial charge in [0, 0.05) is 38.8 Å². The number of nitrogens with zero attached hydrogens (tertiary/aromatic N) is 1. The smallest absolute Gasteiger partial charge is 0.372 e. The van der Waals surface area contributed by atoms with Gasteiger partial charge in [0.1, 0.15) is 6.61 Å². The van der Waals surface area contributed by atoms with Gasteiger partial charge in [0.25, 0.3) is 0 Å². The lowest BCUT2D eigenvalue weighted by Gasteiger charge is -2.33. The van der Waals surface area contributed by atoms with E-state index in [0.29, 0.717) is 12.5 Å². The molecule has 0 amide bonds. The van der Waals surface area contributed by atoms with Crippen LogP contribution in [0, 0.1) is 5.92 Å². The summed E-state index contributed by atoms with van der Waals surface area (Å²) in [4.78, 5) is 2.33. The van der Waals surface area contributed by atoms with Crippen LogP contribution in [-0.4, -0.2) is 56.5 Å². The highest BCUT2D eigenvalue weighted by molar-refractivity contribution is 4.91. The maximum Gasteiger partial charge on any atom is 0.411 e. The normalized spacial score (nSPS) is 26.5. The topological polar surface area (TPSA) is 24.5 Å². The van der Waals surface area contributed by atoms with Crippen LogP contribution < -0.4 is 5.32 Å². The van der Waals surface area contributed by atoms with Gasteiger partial charge in [-0.15, -0.1) is 0 Å². The van der Waals surface area contributed by atoms with E-state index in [1.54, 1.807) is 0 Å². The summed E-state index contributed by atoms with van der Waals surface area (Å²) in [7, 11) is 0. The Morgan fingerprint density at radius 2 is 2.06 bits per heavy atom. The van der Waals surface area contributed by atoms with Crippen molar-refractivity contribution in [3.05, 3.63) is 0 Å². The fourth-order valence-corrected chi connectivity index (χ4v) is 2.44. The predicted molar refractivity (Wildman–Crippen MR) is 62.4 cm³/mol. The number of halogens is 3. The second-order valence-electron chi connectivity index (χ2n) is 5.22. The van der Waals surface area contributed by atoms with Crippen molar-refractivity contribution in [1.29, 1.82) is 0 Å². The van der Waals surface area contributed by atoms with E-state index < -0.39 is 12.8 Å². The average molecular weight is 266 g/mol. The molecule has 0 bridgehead atoms. The van der Waals surface area contributed by atoms with E-state index in [0.717, 1.165) is 32.1 Å². The molecule has 1 saturated carbocycles. The Labute approximate surface area is 106 Å². The molecule has 1 aliphatic heterocycles. The Balaban J connectivity index is 1.53. The minimum atomic E-state index is -4.20. The quantitative estimate of drug-likeness (QED) is 0.740. The van der Waals surface area contributed by atoms with Crippen molar-refractivity contribution < 1.29 is 17.9 Å². The lowest BCUT2D eigenvalue weighted by atomic mass is 10.1. The van der Waals surface area contributed by atoms with Gasteiger partial charge in [-0.05, 0) is 25.2 Å². The summed E-state index contributed by atoms with van der Waals surface area (Å²) in [6.07, 6.45) is -0.889. The van der Waals surface area contributed by atoms with Crippen LogP contribution in [0.3, 0.4) is 0 Å². The molecule has 18 heavy (non-hydrogen) atoms. The largest absolute Gasteiger partial charge is 0.411 e. The zero-order valence-corrected chi connectivity index (χ0v) is 10.5. The number of rotatable bonds is 6. The van der Waals surface area contributed by atoms with E-state index in [2.05, 4.69) is 15.0 Å². The zero-order valence-electron chi connectivity index (χ0n) is 10.5. The van der Waals surface area contributed by atoms with Crippen molar-refractivity contribution in [2.24, 2.45) is 5.92 Å². The molecule has 0 radical (unpaired) electrons. The van der Waals surface area contributed by atoms with Crippen molar-refractivity contribution in [3.8, 4) is 0 Å². The summed E-state index contributed by atoms with van der Waals surface area (Å²) in [5, 5.41) is 3.51. The van der Waals surface area contributed by atoms with Gasteiger partial charge in [-0.1, -0.05) is 0 Å². The molecule has 106 valence electrons. The molecule has 0 aromatic heterocycles. The van der Waals surface area contributed by atoms with Crippen LogP contribution in [0.25, 0.3) is 0 Å². The lowest BCUT2D eigenvalue weighted by molar-refractivity contribution is -0.174. The standard InChI is InChI=1S/C12H21F3N2O/c13-12(14,15)9-18-7-1-5-17-6-4-16-11(8-17)10-2-3-10/h10-11,16H,1-9H2. The van der Waals surface area contributed by atoms with Crippen molar-refractivity contribution in [3.63, 3.8) is 0 Å². The number of hydrogen-bond acceptors (Lipinski definition) is 3. The fraction of sp³-hybridized carbons (Fsp3) is 1.00. The third-order valence-electron chi connectivity index (χ3n) is 3.51. The first-order valence-electron chi connectivity index (χ1n) is 6.65. The van der Waals surface area contributed by atoms with Crippen LogP contribution in [0.1, 0.15) is 19.3 Å². The van der Waals surface area contributed by atoms with Gasteiger partial charge >= 0.3 is 6.18 Å². The Morgan fingerprint density at radius 1 is 1.28 bits per heavy atom. The SMILES string of the molecule is FC(F)(F)COCCCN1CCNC(C2CC2)C1. The molecule has 2 aliphatic rings. The first kappa shape index (κ1) is 14.1. The van der Waals surface area contributed by atoms with Crippen LogP contribution in [0.4, 0.5) is 13.2 Å². The van der Waals surface area contributed by atoms with Gasteiger partial charge in [-0.2, -0.15) is 13.2 Å². The first-order chi connectivity index (χ1) is 8.54. The first-order valence-corrected chi connectivity index (χ1v) is 6.65. The molecule has 1 heterocycles. The Hall–Kier alpha value is -0.330. The maximum atomic E-state index is 11.8. The van der Waals surface area contributed by atoms with Gasteiger partial charge in [-0.25, -0.2) is 0 Å². The van der Waals surface area contributed by atoms with Crippen molar-refractivity contribution in [2.75, 3.05) is 39.4 Å². The van der Waals surface area contributed by atoms with Crippen LogP contribution >= 0.6 is 0 Å². The van der Waals surface area contributed by atoms with Crippen molar-refractivity contribution in [1.82, 2.24) is 10.2 Å². The van der Waals surface area contributed by atoms with Crippen LogP contribution in [0.5, 0.6) is 0 Å².